The molecule has 0 aromatic rings. The number of hydrogen-bond acceptors (Lipinski definition) is 11. The maximum atomic E-state index is 13.4. The van der Waals surface area contributed by atoms with Gasteiger partial charge >= 0.3 is 30.0 Å². The zero-order chi connectivity index (χ0) is 28.3. The molecule has 0 aromatic carbocycles. The molecule has 2 heterocycles. The lowest BCUT2D eigenvalue weighted by Crippen LogP contribution is -2.51. The molecule has 0 bridgehead atoms. The van der Waals surface area contributed by atoms with Crippen LogP contribution < -0.4 is 5.32 Å². The summed E-state index contributed by atoms with van der Waals surface area (Å²) in [6.45, 7) is 7.63. The van der Waals surface area contributed by atoms with Crippen molar-refractivity contribution in [3.05, 3.63) is 0 Å². The molecule has 2 unspecified atom stereocenters. The van der Waals surface area contributed by atoms with Crippen molar-refractivity contribution >= 4 is 30.0 Å². The van der Waals surface area contributed by atoms with E-state index in [1.165, 1.54) is 77.6 Å². The molecule has 4 amide bonds. The maximum absolute atomic E-state index is 13.4. The molecule has 2 aliphatic rings. The molecule has 1 N–H and O–H groups in total. The first-order chi connectivity index (χ1) is 17.0. The molecule has 37 heavy (non-hydrogen) atoms. The molecule has 0 radical (unpaired) electrons. The quantitative estimate of drug-likeness (QED) is 0.269. The van der Waals surface area contributed by atoms with Crippen LogP contribution in [0.15, 0.2) is 0 Å². The number of amides is 4. The van der Waals surface area contributed by atoms with Crippen molar-refractivity contribution in [2.45, 2.75) is 70.7 Å². The Morgan fingerprint density at radius 2 is 1.03 bits per heavy atom. The molecule has 0 saturated carbocycles. The fourth-order valence-electron chi connectivity index (χ4n) is 3.56. The highest BCUT2D eigenvalue weighted by Gasteiger charge is 2.56. The van der Waals surface area contributed by atoms with Gasteiger partial charge < -0.3 is 33.7 Å². The molecule has 0 aliphatic carbocycles. The number of esters is 3. The van der Waals surface area contributed by atoms with Gasteiger partial charge in [0.15, 0.2) is 23.0 Å². The van der Waals surface area contributed by atoms with Crippen molar-refractivity contribution in [1.29, 1.82) is 0 Å². The second-order valence-corrected chi connectivity index (χ2v) is 9.83. The predicted octanol–water partition coefficient (Wildman–Crippen LogP) is 0.179. The molecule has 210 valence electrons. The first-order valence-electron chi connectivity index (χ1n) is 11.4. The topological polar surface area (TPSA) is 162 Å². The zero-order valence-electron chi connectivity index (χ0n) is 22.6. The maximum Gasteiger partial charge on any atom is 0.337 e. The largest absolute Gasteiger partial charge is 0.467 e. The van der Waals surface area contributed by atoms with Gasteiger partial charge in [-0.25, -0.2) is 24.0 Å². The number of rotatable bonds is 12. The summed E-state index contributed by atoms with van der Waals surface area (Å²) in [7, 11) is 3.61. The predicted molar refractivity (Wildman–Crippen MR) is 123 cm³/mol. The van der Waals surface area contributed by atoms with E-state index in [-0.39, 0.29) is 13.5 Å². The van der Waals surface area contributed by atoms with Gasteiger partial charge in [-0.15, -0.1) is 0 Å². The van der Waals surface area contributed by atoms with Crippen molar-refractivity contribution in [3.8, 4) is 0 Å². The number of methoxy groups -OCH3 is 3. The number of hydrogen-bond donors (Lipinski definition) is 1. The highest BCUT2D eigenvalue weighted by molar-refractivity contribution is 5.85. The second kappa shape index (κ2) is 11.1. The summed E-state index contributed by atoms with van der Waals surface area (Å²) >= 11 is 0. The number of ether oxygens (including phenoxy) is 6. The number of nitrogens with one attached hydrogen (secondary N) is 1. The number of urea groups is 2. The van der Waals surface area contributed by atoms with E-state index >= 15 is 0 Å². The summed E-state index contributed by atoms with van der Waals surface area (Å²) in [4.78, 5) is 66.0. The molecule has 2 fully saturated rings. The van der Waals surface area contributed by atoms with E-state index in [9.17, 15) is 24.0 Å². The third-order valence-electron chi connectivity index (χ3n) is 6.00. The summed E-state index contributed by atoms with van der Waals surface area (Å²) in [5.41, 5.74) is -4.19. The average Bonchev–Trinajstić information content (AvgIpc) is 3.29. The lowest BCUT2D eigenvalue weighted by molar-refractivity contribution is -0.175. The van der Waals surface area contributed by atoms with E-state index in [0.29, 0.717) is 0 Å². The third kappa shape index (κ3) is 6.22. The van der Waals surface area contributed by atoms with Gasteiger partial charge in [0.2, 0.25) is 0 Å². The SMILES string of the molecule is COC(=O)C(C)(C)OCN1C(=O)N(COC(C)(C)C(=O)OC)C2C1NC(=O)N2COC(C)(C)C(=O)OC. The Labute approximate surface area is 215 Å². The monoisotopic (exact) mass is 532 g/mol. The Morgan fingerprint density at radius 1 is 0.676 bits per heavy atom. The van der Waals surface area contributed by atoms with E-state index < -0.39 is 65.8 Å². The van der Waals surface area contributed by atoms with Crippen LogP contribution in [0.2, 0.25) is 0 Å². The standard InChI is InChI=1S/C22H36N4O11/c1-20(2,15(27)32-7)35-10-24-13-14(26(19(24)31)12-37-22(5,6)17(29)34-9)25(18(30)23-13)11-36-21(3,4)16(28)33-8/h13-14H,10-12H2,1-9H3,(H,23,30). The molecule has 15 nitrogen and oxygen atoms in total. The van der Waals surface area contributed by atoms with Crippen molar-refractivity contribution in [2.24, 2.45) is 0 Å². The number of fused-ring (bicyclic) bond motifs is 1. The molecule has 0 spiro atoms. The fourth-order valence-corrected chi connectivity index (χ4v) is 3.56. The van der Waals surface area contributed by atoms with Crippen LogP contribution >= 0.6 is 0 Å². The smallest absolute Gasteiger partial charge is 0.337 e. The van der Waals surface area contributed by atoms with Crippen LogP contribution in [-0.4, -0.2) is 115 Å². The van der Waals surface area contributed by atoms with Crippen molar-refractivity contribution in [3.63, 3.8) is 0 Å². The van der Waals surface area contributed by atoms with Crippen molar-refractivity contribution in [2.75, 3.05) is 41.5 Å². The van der Waals surface area contributed by atoms with E-state index in [0.717, 1.165) is 0 Å². The highest BCUT2D eigenvalue weighted by Crippen LogP contribution is 2.31. The van der Waals surface area contributed by atoms with Gasteiger partial charge in [-0.3, -0.25) is 14.7 Å². The average molecular weight is 533 g/mol. The molecule has 2 aliphatic heterocycles. The van der Waals surface area contributed by atoms with Gasteiger partial charge in [0.05, 0.1) is 21.3 Å². The van der Waals surface area contributed by atoms with Crippen LogP contribution in [0.4, 0.5) is 9.59 Å². The molecule has 2 saturated heterocycles. The van der Waals surface area contributed by atoms with Crippen LogP contribution in [0, 0.1) is 0 Å². The minimum absolute atomic E-state index is 0.387. The van der Waals surface area contributed by atoms with Gasteiger partial charge in [0.1, 0.15) is 26.4 Å². The Morgan fingerprint density at radius 3 is 1.41 bits per heavy atom. The van der Waals surface area contributed by atoms with Crippen LogP contribution in [0.1, 0.15) is 41.5 Å². The molecule has 0 aromatic heterocycles. The summed E-state index contributed by atoms with van der Waals surface area (Å²) < 4.78 is 31.2. The van der Waals surface area contributed by atoms with Crippen LogP contribution in [0.5, 0.6) is 0 Å². The summed E-state index contributed by atoms with van der Waals surface area (Å²) in [5.74, 6) is -1.99. The molecular formula is C22H36N4O11. The first-order valence-corrected chi connectivity index (χ1v) is 11.4. The van der Waals surface area contributed by atoms with Crippen molar-refractivity contribution in [1.82, 2.24) is 20.0 Å². The summed E-state index contributed by atoms with van der Waals surface area (Å²) in [5, 5.41) is 2.68. The van der Waals surface area contributed by atoms with Crippen LogP contribution in [0.3, 0.4) is 0 Å². The van der Waals surface area contributed by atoms with E-state index in [2.05, 4.69) is 5.32 Å². The normalized spacial score (nSPS) is 20.1. The van der Waals surface area contributed by atoms with Gasteiger partial charge in [-0.2, -0.15) is 0 Å². The Balaban J connectivity index is 2.32. The van der Waals surface area contributed by atoms with E-state index in [1.807, 2.05) is 0 Å². The van der Waals surface area contributed by atoms with Crippen LogP contribution in [-0.2, 0) is 42.8 Å². The minimum atomic E-state index is -1.41. The summed E-state index contributed by atoms with van der Waals surface area (Å²) in [6.07, 6.45) is -1.92. The Kier molecular flexibility index (Phi) is 8.99. The lowest BCUT2D eigenvalue weighted by Gasteiger charge is -2.33. The number of nitrogens with zero attached hydrogens (tertiary/aromatic N) is 3. The second-order valence-electron chi connectivity index (χ2n) is 9.83. The molecule has 15 heteroatoms. The van der Waals surface area contributed by atoms with Crippen LogP contribution in [0.25, 0.3) is 0 Å². The highest BCUT2D eigenvalue weighted by atomic mass is 16.6. The van der Waals surface area contributed by atoms with Gasteiger partial charge in [-0.05, 0) is 41.5 Å². The van der Waals surface area contributed by atoms with E-state index in [4.69, 9.17) is 28.4 Å². The third-order valence-corrected chi connectivity index (χ3v) is 6.00. The van der Waals surface area contributed by atoms with Gasteiger partial charge in [0, 0.05) is 0 Å². The molecular weight excluding hydrogens is 496 g/mol. The van der Waals surface area contributed by atoms with Gasteiger partial charge in [0.25, 0.3) is 0 Å². The number of carbonyl (C=O) groups is 5. The number of carbonyl (C=O) groups excluding carboxylic acids is 5. The van der Waals surface area contributed by atoms with E-state index in [1.54, 1.807) is 0 Å². The first kappa shape index (κ1) is 30.1. The fraction of sp³-hybridized carbons (Fsp3) is 0.773. The zero-order valence-corrected chi connectivity index (χ0v) is 22.6. The van der Waals surface area contributed by atoms with Crippen molar-refractivity contribution < 1.29 is 52.4 Å². The lowest BCUT2D eigenvalue weighted by atomic mass is 10.1. The van der Waals surface area contributed by atoms with Gasteiger partial charge in [-0.1, -0.05) is 0 Å². The Hall–Kier alpha value is -3.17. The Bertz CT molecular complexity index is 890. The summed E-state index contributed by atoms with van der Waals surface area (Å²) in [6, 6.07) is -1.22. The molecule has 2 rings (SSSR count). The molecule has 2 atom stereocenters. The minimum Gasteiger partial charge on any atom is -0.467 e.